The van der Waals surface area contributed by atoms with Gasteiger partial charge in [0.25, 0.3) is 0 Å². The SMILES string of the molecule is O=C(CCn1nc2n(c1=O)CCCC2)c1ccccc1. The van der Waals surface area contributed by atoms with E-state index >= 15 is 0 Å². The molecule has 2 aromatic rings. The number of carbonyl (C=O) groups excluding carboxylic acids is 1. The van der Waals surface area contributed by atoms with Crippen LogP contribution in [-0.2, 0) is 19.5 Å². The summed E-state index contributed by atoms with van der Waals surface area (Å²) in [6.07, 6.45) is 3.27. The van der Waals surface area contributed by atoms with E-state index in [1.165, 1.54) is 4.68 Å². The van der Waals surface area contributed by atoms with Crippen LogP contribution in [0.4, 0.5) is 0 Å². The van der Waals surface area contributed by atoms with E-state index in [0.29, 0.717) is 18.5 Å². The molecule has 20 heavy (non-hydrogen) atoms. The van der Waals surface area contributed by atoms with Gasteiger partial charge in [-0.15, -0.1) is 0 Å². The predicted molar refractivity (Wildman–Crippen MR) is 74.8 cm³/mol. The summed E-state index contributed by atoms with van der Waals surface area (Å²) < 4.78 is 3.16. The van der Waals surface area contributed by atoms with Crippen LogP contribution in [0.1, 0.15) is 35.4 Å². The molecule has 0 aliphatic carbocycles. The van der Waals surface area contributed by atoms with Crippen LogP contribution in [0.25, 0.3) is 0 Å². The van der Waals surface area contributed by atoms with Crippen molar-refractivity contribution in [3.05, 3.63) is 52.2 Å². The van der Waals surface area contributed by atoms with Gasteiger partial charge in [0.05, 0.1) is 6.54 Å². The van der Waals surface area contributed by atoms with Crippen LogP contribution < -0.4 is 5.69 Å². The molecule has 104 valence electrons. The Kier molecular flexibility index (Phi) is 3.50. The van der Waals surface area contributed by atoms with Crippen molar-refractivity contribution >= 4 is 5.78 Å². The lowest BCUT2D eigenvalue weighted by molar-refractivity contribution is 0.0975. The smallest absolute Gasteiger partial charge is 0.294 e. The molecular weight excluding hydrogens is 254 g/mol. The number of rotatable bonds is 4. The van der Waals surface area contributed by atoms with Crippen molar-refractivity contribution < 1.29 is 4.79 Å². The molecule has 2 heterocycles. The molecule has 1 aliphatic rings. The Morgan fingerprint density at radius 1 is 1.20 bits per heavy atom. The fourth-order valence-electron chi connectivity index (χ4n) is 2.57. The first kappa shape index (κ1) is 12.8. The van der Waals surface area contributed by atoms with Gasteiger partial charge in [-0.3, -0.25) is 9.36 Å². The molecule has 0 fully saturated rings. The first-order valence-corrected chi connectivity index (χ1v) is 7.00. The summed E-state index contributed by atoms with van der Waals surface area (Å²) in [4.78, 5) is 24.1. The van der Waals surface area contributed by atoms with Crippen LogP contribution >= 0.6 is 0 Å². The highest BCUT2D eigenvalue weighted by molar-refractivity contribution is 5.95. The molecule has 1 aromatic heterocycles. The third-order valence-corrected chi connectivity index (χ3v) is 3.68. The molecule has 0 saturated carbocycles. The summed E-state index contributed by atoms with van der Waals surface area (Å²) in [7, 11) is 0. The molecule has 0 atom stereocenters. The van der Waals surface area contributed by atoms with Gasteiger partial charge in [-0.1, -0.05) is 30.3 Å². The molecule has 0 saturated heterocycles. The van der Waals surface area contributed by atoms with E-state index < -0.39 is 0 Å². The fraction of sp³-hybridized carbons (Fsp3) is 0.400. The molecule has 0 spiro atoms. The molecule has 5 heteroatoms. The standard InChI is InChI=1S/C15H17N3O2/c19-13(12-6-2-1-3-7-12)9-11-18-15(20)17-10-5-4-8-14(17)16-18/h1-3,6-7H,4-5,8-11H2. The Hall–Kier alpha value is -2.17. The van der Waals surface area contributed by atoms with E-state index in [1.54, 1.807) is 16.7 Å². The number of aromatic nitrogens is 3. The Labute approximate surface area is 116 Å². The van der Waals surface area contributed by atoms with Crippen LogP contribution in [-0.4, -0.2) is 20.1 Å². The lowest BCUT2D eigenvalue weighted by Gasteiger charge is -2.09. The van der Waals surface area contributed by atoms with Gasteiger partial charge >= 0.3 is 5.69 Å². The highest BCUT2D eigenvalue weighted by Gasteiger charge is 2.17. The van der Waals surface area contributed by atoms with Crippen LogP contribution in [0.15, 0.2) is 35.1 Å². The molecule has 0 bridgehead atoms. The van der Waals surface area contributed by atoms with Gasteiger partial charge in [0.2, 0.25) is 0 Å². The maximum atomic E-state index is 12.1. The largest absolute Gasteiger partial charge is 0.345 e. The molecule has 0 unspecified atom stereocenters. The summed E-state index contributed by atoms with van der Waals surface area (Å²) in [5.41, 5.74) is 0.602. The number of hydrogen-bond donors (Lipinski definition) is 0. The second-order valence-corrected chi connectivity index (χ2v) is 5.07. The summed E-state index contributed by atoms with van der Waals surface area (Å²) in [6.45, 7) is 1.10. The molecule has 0 radical (unpaired) electrons. The summed E-state index contributed by atoms with van der Waals surface area (Å²) >= 11 is 0. The zero-order valence-corrected chi connectivity index (χ0v) is 11.3. The van der Waals surface area contributed by atoms with Gasteiger partial charge in [-0.25, -0.2) is 9.48 Å². The third-order valence-electron chi connectivity index (χ3n) is 3.68. The fourth-order valence-corrected chi connectivity index (χ4v) is 2.57. The second kappa shape index (κ2) is 5.45. The average Bonchev–Trinajstić information content (AvgIpc) is 2.83. The van der Waals surface area contributed by atoms with Crippen LogP contribution in [0.3, 0.4) is 0 Å². The predicted octanol–water partition coefficient (Wildman–Crippen LogP) is 1.65. The highest BCUT2D eigenvalue weighted by Crippen LogP contribution is 2.10. The zero-order valence-electron chi connectivity index (χ0n) is 11.3. The molecule has 0 N–H and O–H groups in total. The lowest BCUT2D eigenvalue weighted by atomic mass is 10.1. The van der Waals surface area contributed by atoms with Crippen molar-refractivity contribution in [3.8, 4) is 0 Å². The maximum absolute atomic E-state index is 12.1. The Morgan fingerprint density at radius 2 is 2.00 bits per heavy atom. The van der Waals surface area contributed by atoms with E-state index in [0.717, 1.165) is 31.6 Å². The number of benzene rings is 1. The van der Waals surface area contributed by atoms with Crippen molar-refractivity contribution in [1.82, 2.24) is 14.3 Å². The quantitative estimate of drug-likeness (QED) is 0.795. The molecule has 1 aliphatic heterocycles. The van der Waals surface area contributed by atoms with E-state index in [4.69, 9.17) is 0 Å². The van der Waals surface area contributed by atoms with Crippen LogP contribution in [0.2, 0.25) is 0 Å². The van der Waals surface area contributed by atoms with Crippen molar-refractivity contribution in [1.29, 1.82) is 0 Å². The topological polar surface area (TPSA) is 56.9 Å². The second-order valence-electron chi connectivity index (χ2n) is 5.07. The van der Waals surface area contributed by atoms with Crippen molar-refractivity contribution in [2.45, 2.75) is 38.8 Å². The molecule has 3 rings (SSSR count). The highest BCUT2D eigenvalue weighted by atomic mass is 16.2. The summed E-state index contributed by atoms with van der Waals surface area (Å²) in [6, 6.07) is 9.15. The minimum Gasteiger partial charge on any atom is -0.294 e. The first-order valence-electron chi connectivity index (χ1n) is 7.00. The van der Waals surface area contributed by atoms with Gasteiger partial charge in [0.15, 0.2) is 5.78 Å². The van der Waals surface area contributed by atoms with Gasteiger partial charge in [0.1, 0.15) is 5.82 Å². The van der Waals surface area contributed by atoms with Gasteiger partial charge in [0, 0.05) is 24.9 Å². The number of fused-ring (bicyclic) bond motifs is 1. The number of hydrogen-bond acceptors (Lipinski definition) is 3. The van der Waals surface area contributed by atoms with E-state index in [9.17, 15) is 9.59 Å². The van der Waals surface area contributed by atoms with Crippen LogP contribution in [0, 0.1) is 0 Å². The van der Waals surface area contributed by atoms with Crippen molar-refractivity contribution in [2.24, 2.45) is 0 Å². The lowest BCUT2D eigenvalue weighted by Crippen LogP contribution is -2.27. The molecule has 0 amide bonds. The Balaban J connectivity index is 1.72. The minimum atomic E-state index is -0.0828. The Morgan fingerprint density at radius 3 is 2.75 bits per heavy atom. The van der Waals surface area contributed by atoms with Crippen LogP contribution in [0.5, 0.6) is 0 Å². The Bertz CT molecular complexity index is 670. The summed E-state index contributed by atoms with van der Waals surface area (Å²) in [5.74, 6) is 0.900. The average molecular weight is 271 g/mol. The molecule has 5 nitrogen and oxygen atoms in total. The number of ketones is 1. The maximum Gasteiger partial charge on any atom is 0.345 e. The van der Waals surface area contributed by atoms with Crippen molar-refractivity contribution in [3.63, 3.8) is 0 Å². The minimum absolute atomic E-state index is 0.0449. The van der Waals surface area contributed by atoms with Gasteiger partial charge in [-0.2, -0.15) is 5.10 Å². The van der Waals surface area contributed by atoms with Gasteiger partial charge < -0.3 is 0 Å². The number of nitrogens with zero attached hydrogens (tertiary/aromatic N) is 3. The monoisotopic (exact) mass is 271 g/mol. The number of carbonyl (C=O) groups is 1. The van der Waals surface area contributed by atoms with E-state index in [2.05, 4.69) is 5.10 Å². The zero-order chi connectivity index (χ0) is 13.9. The molecule has 1 aromatic carbocycles. The van der Waals surface area contributed by atoms with Gasteiger partial charge in [-0.05, 0) is 12.8 Å². The molecular formula is C15H17N3O2. The normalized spacial score (nSPS) is 14.0. The number of Topliss-reactive ketones (excluding diaryl/α,β-unsaturated/α-hetero) is 1. The number of aryl methyl sites for hydroxylation is 2. The van der Waals surface area contributed by atoms with Crippen molar-refractivity contribution in [2.75, 3.05) is 0 Å². The van der Waals surface area contributed by atoms with E-state index in [-0.39, 0.29) is 11.5 Å². The third kappa shape index (κ3) is 2.43. The first-order chi connectivity index (χ1) is 9.75. The summed E-state index contributed by atoms with van der Waals surface area (Å²) in [5, 5.41) is 4.33. The van der Waals surface area contributed by atoms with E-state index in [1.807, 2.05) is 18.2 Å².